The second-order valence-corrected chi connectivity index (χ2v) is 5.66. The van der Waals surface area contributed by atoms with Gasteiger partial charge in [0, 0.05) is 44.2 Å². The van der Waals surface area contributed by atoms with E-state index in [0.717, 1.165) is 23.5 Å². The number of nitrogens with zero attached hydrogens (tertiary/aromatic N) is 1. The maximum absolute atomic E-state index is 11.8. The van der Waals surface area contributed by atoms with Crippen molar-refractivity contribution in [3.63, 3.8) is 0 Å². The third-order valence-corrected chi connectivity index (χ3v) is 3.83. The fourth-order valence-electron chi connectivity index (χ4n) is 2.14. The molecule has 0 aromatic heterocycles. The standard InChI is InChI=1S/C18H30N4O3.HI/c1-6-13(2)22-17(23)9-10-20-18(19-3)21-12-14-7-8-15(24-4)11-16(14)25-5;/h7-8,11,13H,6,9-10,12H2,1-5H3,(H,22,23)(H2,19,20,21);1H. The smallest absolute Gasteiger partial charge is 0.221 e. The summed E-state index contributed by atoms with van der Waals surface area (Å²) in [5, 5.41) is 9.28. The summed E-state index contributed by atoms with van der Waals surface area (Å²) in [5.74, 6) is 2.16. The Bertz CT molecular complexity index is 582. The predicted octanol–water partition coefficient (Wildman–Crippen LogP) is 2.29. The summed E-state index contributed by atoms with van der Waals surface area (Å²) in [7, 11) is 4.94. The van der Waals surface area contributed by atoms with E-state index in [1.165, 1.54) is 0 Å². The van der Waals surface area contributed by atoms with Crippen LogP contribution >= 0.6 is 24.0 Å². The van der Waals surface area contributed by atoms with Gasteiger partial charge in [-0.1, -0.05) is 6.92 Å². The van der Waals surface area contributed by atoms with Crippen LogP contribution < -0.4 is 25.4 Å². The lowest BCUT2D eigenvalue weighted by Crippen LogP contribution is -2.40. The first kappa shape index (κ1) is 24.3. The Morgan fingerprint density at radius 2 is 1.96 bits per heavy atom. The highest BCUT2D eigenvalue weighted by Crippen LogP contribution is 2.24. The van der Waals surface area contributed by atoms with E-state index in [4.69, 9.17) is 9.47 Å². The summed E-state index contributed by atoms with van der Waals surface area (Å²) in [4.78, 5) is 15.9. The zero-order valence-electron chi connectivity index (χ0n) is 16.2. The van der Waals surface area contributed by atoms with Crippen LogP contribution in [-0.2, 0) is 11.3 Å². The molecule has 0 aliphatic heterocycles. The van der Waals surface area contributed by atoms with Crippen molar-refractivity contribution in [3.8, 4) is 11.5 Å². The van der Waals surface area contributed by atoms with Crippen molar-refractivity contribution in [2.24, 2.45) is 4.99 Å². The molecular weight excluding hydrogens is 447 g/mol. The summed E-state index contributed by atoms with van der Waals surface area (Å²) in [6.07, 6.45) is 1.32. The van der Waals surface area contributed by atoms with Gasteiger partial charge in [-0.15, -0.1) is 24.0 Å². The quantitative estimate of drug-likeness (QED) is 0.288. The van der Waals surface area contributed by atoms with Crippen molar-refractivity contribution < 1.29 is 14.3 Å². The SMILES string of the molecule is CCC(C)NC(=O)CCNC(=NC)NCc1ccc(OC)cc1OC.I. The van der Waals surface area contributed by atoms with Crippen molar-refractivity contribution in [1.29, 1.82) is 0 Å². The molecule has 1 aromatic carbocycles. The largest absolute Gasteiger partial charge is 0.497 e. The number of carbonyl (C=O) groups excluding carboxylic acids is 1. The molecule has 0 bridgehead atoms. The molecule has 0 spiro atoms. The van der Waals surface area contributed by atoms with Crippen LogP contribution in [0.2, 0.25) is 0 Å². The number of hydrogen-bond donors (Lipinski definition) is 3. The maximum atomic E-state index is 11.8. The highest BCUT2D eigenvalue weighted by atomic mass is 127. The van der Waals surface area contributed by atoms with Crippen LogP contribution in [0.25, 0.3) is 0 Å². The average Bonchev–Trinajstić information content (AvgIpc) is 2.64. The summed E-state index contributed by atoms with van der Waals surface area (Å²) in [6, 6.07) is 5.87. The number of guanidine groups is 1. The van der Waals surface area contributed by atoms with Crippen LogP contribution in [0.3, 0.4) is 0 Å². The van der Waals surface area contributed by atoms with E-state index in [2.05, 4.69) is 20.9 Å². The zero-order chi connectivity index (χ0) is 18.7. The summed E-state index contributed by atoms with van der Waals surface area (Å²) >= 11 is 0. The first-order valence-electron chi connectivity index (χ1n) is 8.48. The lowest BCUT2D eigenvalue weighted by molar-refractivity contribution is -0.121. The van der Waals surface area contributed by atoms with Crippen molar-refractivity contribution in [3.05, 3.63) is 23.8 Å². The van der Waals surface area contributed by atoms with Gasteiger partial charge in [-0.05, 0) is 25.5 Å². The molecule has 0 aliphatic carbocycles. The molecule has 1 atom stereocenters. The number of hydrogen-bond acceptors (Lipinski definition) is 4. The van der Waals surface area contributed by atoms with Crippen LogP contribution in [0.1, 0.15) is 32.3 Å². The molecular formula is C18H31IN4O3. The van der Waals surface area contributed by atoms with Crippen LogP contribution in [0.15, 0.2) is 23.2 Å². The van der Waals surface area contributed by atoms with Gasteiger partial charge in [0.25, 0.3) is 0 Å². The van der Waals surface area contributed by atoms with Crippen molar-refractivity contribution in [2.45, 2.75) is 39.3 Å². The van der Waals surface area contributed by atoms with Gasteiger partial charge in [-0.25, -0.2) is 0 Å². The van der Waals surface area contributed by atoms with E-state index < -0.39 is 0 Å². The first-order chi connectivity index (χ1) is 12.0. The fraction of sp³-hybridized carbons (Fsp3) is 0.556. The Hall–Kier alpha value is -1.71. The normalized spacial score (nSPS) is 11.8. The summed E-state index contributed by atoms with van der Waals surface area (Å²) in [6.45, 7) is 5.10. The number of benzene rings is 1. The van der Waals surface area contributed by atoms with Gasteiger partial charge in [0.1, 0.15) is 11.5 Å². The molecule has 148 valence electrons. The van der Waals surface area contributed by atoms with Gasteiger partial charge < -0.3 is 25.4 Å². The van der Waals surface area contributed by atoms with E-state index in [1.54, 1.807) is 21.3 Å². The number of aliphatic imine (C=N–C) groups is 1. The number of carbonyl (C=O) groups is 1. The molecule has 26 heavy (non-hydrogen) atoms. The Kier molecular flexibility index (Phi) is 12.6. The van der Waals surface area contributed by atoms with Gasteiger partial charge in [0.15, 0.2) is 5.96 Å². The molecule has 1 rings (SSSR count). The van der Waals surface area contributed by atoms with E-state index in [-0.39, 0.29) is 35.9 Å². The lowest BCUT2D eigenvalue weighted by Gasteiger charge is -2.15. The maximum Gasteiger partial charge on any atom is 0.221 e. The van der Waals surface area contributed by atoms with E-state index in [9.17, 15) is 4.79 Å². The van der Waals surface area contributed by atoms with E-state index in [1.807, 2.05) is 32.0 Å². The molecule has 7 nitrogen and oxygen atoms in total. The number of nitrogens with one attached hydrogen (secondary N) is 3. The zero-order valence-corrected chi connectivity index (χ0v) is 18.5. The number of methoxy groups -OCH3 is 2. The minimum Gasteiger partial charge on any atom is -0.497 e. The van der Waals surface area contributed by atoms with Gasteiger partial charge >= 0.3 is 0 Å². The molecule has 0 radical (unpaired) electrons. The topological polar surface area (TPSA) is 84.0 Å². The highest BCUT2D eigenvalue weighted by Gasteiger charge is 2.08. The first-order valence-corrected chi connectivity index (χ1v) is 8.48. The molecule has 1 aromatic rings. The molecule has 0 fully saturated rings. The lowest BCUT2D eigenvalue weighted by atomic mass is 10.2. The number of rotatable bonds is 9. The Morgan fingerprint density at radius 3 is 2.54 bits per heavy atom. The van der Waals surface area contributed by atoms with Crippen molar-refractivity contribution in [2.75, 3.05) is 27.8 Å². The second kappa shape index (κ2) is 13.5. The minimum atomic E-state index is 0. The van der Waals surface area contributed by atoms with Crippen LogP contribution in [0, 0.1) is 0 Å². The van der Waals surface area contributed by atoms with Gasteiger partial charge in [0.2, 0.25) is 5.91 Å². The van der Waals surface area contributed by atoms with E-state index >= 15 is 0 Å². The molecule has 8 heteroatoms. The van der Waals surface area contributed by atoms with Crippen LogP contribution in [-0.4, -0.2) is 45.7 Å². The molecule has 0 saturated carbocycles. The Labute approximate surface area is 173 Å². The van der Waals surface area contributed by atoms with Crippen molar-refractivity contribution >= 4 is 35.8 Å². The van der Waals surface area contributed by atoms with Crippen LogP contribution in [0.4, 0.5) is 0 Å². The van der Waals surface area contributed by atoms with Crippen LogP contribution in [0.5, 0.6) is 11.5 Å². The highest BCUT2D eigenvalue weighted by molar-refractivity contribution is 14.0. The van der Waals surface area contributed by atoms with E-state index in [0.29, 0.717) is 25.5 Å². The number of amides is 1. The third-order valence-electron chi connectivity index (χ3n) is 3.83. The second-order valence-electron chi connectivity index (χ2n) is 5.66. The molecule has 0 aliphatic rings. The predicted molar refractivity (Wildman–Crippen MR) is 116 cm³/mol. The Balaban J connectivity index is 0.00000625. The molecule has 0 saturated heterocycles. The number of ether oxygens (including phenoxy) is 2. The van der Waals surface area contributed by atoms with Gasteiger partial charge in [0.05, 0.1) is 14.2 Å². The monoisotopic (exact) mass is 478 g/mol. The minimum absolute atomic E-state index is 0. The van der Waals surface area contributed by atoms with Gasteiger partial charge in [-0.3, -0.25) is 9.79 Å². The van der Waals surface area contributed by atoms with Crippen molar-refractivity contribution in [1.82, 2.24) is 16.0 Å². The molecule has 1 unspecified atom stereocenters. The Morgan fingerprint density at radius 1 is 1.23 bits per heavy atom. The average molecular weight is 478 g/mol. The fourth-order valence-corrected chi connectivity index (χ4v) is 2.14. The summed E-state index contributed by atoms with van der Waals surface area (Å²) in [5.41, 5.74) is 0.987. The number of halogens is 1. The molecule has 1 amide bonds. The third kappa shape index (κ3) is 8.59. The summed E-state index contributed by atoms with van der Waals surface area (Å²) < 4.78 is 10.6. The molecule has 0 heterocycles. The van der Waals surface area contributed by atoms with Gasteiger partial charge in [-0.2, -0.15) is 0 Å². The molecule has 3 N–H and O–H groups in total.